The molecule has 1 fully saturated rings. The number of rotatable bonds is 7. The summed E-state index contributed by atoms with van der Waals surface area (Å²) in [6.07, 6.45) is 1.74. The van der Waals surface area contributed by atoms with Crippen molar-refractivity contribution < 1.29 is 14.2 Å². The predicted molar refractivity (Wildman–Crippen MR) is 114 cm³/mol. The van der Waals surface area contributed by atoms with Gasteiger partial charge in [0.1, 0.15) is 12.4 Å². The Kier molecular flexibility index (Phi) is 6.39. The van der Waals surface area contributed by atoms with Crippen LogP contribution in [0.15, 0.2) is 41.9 Å². The maximum atomic E-state index is 6.16. The topological polar surface area (TPSA) is 56.7 Å². The van der Waals surface area contributed by atoms with Gasteiger partial charge in [0.25, 0.3) is 0 Å². The Morgan fingerprint density at radius 3 is 2.83 bits per heavy atom. The summed E-state index contributed by atoms with van der Waals surface area (Å²) >= 11 is 1.64. The third-order valence-corrected chi connectivity index (χ3v) is 5.70. The van der Waals surface area contributed by atoms with E-state index in [1.807, 2.05) is 30.5 Å². The first-order valence-corrected chi connectivity index (χ1v) is 10.6. The van der Waals surface area contributed by atoms with Crippen molar-refractivity contribution in [3.63, 3.8) is 0 Å². The second-order valence-corrected chi connectivity index (χ2v) is 7.98. The van der Waals surface area contributed by atoms with Crippen LogP contribution < -0.4 is 9.47 Å². The van der Waals surface area contributed by atoms with Gasteiger partial charge in [-0.2, -0.15) is 0 Å². The van der Waals surface area contributed by atoms with E-state index in [1.165, 1.54) is 0 Å². The van der Waals surface area contributed by atoms with E-state index in [4.69, 9.17) is 14.2 Å². The van der Waals surface area contributed by atoms with Gasteiger partial charge in [-0.25, -0.2) is 9.97 Å². The van der Waals surface area contributed by atoms with Crippen molar-refractivity contribution in [3.8, 4) is 22.8 Å². The molecule has 0 saturated carbocycles. The summed E-state index contributed by atoms with van der Waals surface area (Å²) in [7, 11) is 1.65. The molecule has 0 spiro atoms. The molecule has 152 valence electrons. The molecule has 1 aliphatic heterocycles. The van der Waals surface area contributed by atoms with Crippen LogP contribution in [0.3, 0.4) is 0 Å². The smallest absolute Gasteiger partial charge is 0.221 e. The molecule has 4 rings (SSSR count). The van der Waals surface area contributed by atoms with Crippen LogP contribution in [0.25, 0.3) is 11.1 Å². The highest BCUT2D eigenvalue weighted by molar-refractivity contribution is 7.09. The largest absolute Gasteiger partial charge is 0.487 e. The molecular formula is C22H25N3O3S. The van der Waals surface area contributed by atoms with Crippen molar-refractivity contribution in [3.05, 3.63) is 58.2 Å². The highest BCUT2D eigenvalue weighted by Gasteiger charge is 2.16. The normalized spacial score (nSPS) is 14.7. The zero-order chi connectivity index (χ0) is 20.1. The van der Waals surface area contributed by atoms with E-state index in [1.54, 1.807) is 24.6 Å². The summed E-state index contributed by atoms with van der Waals surface area (Å²) in [6, 6.07) is 10.2. The molecular weight excluding hydrogens is 386 g/mol. The fourth-order valence-corrected chi connectivity index (χ4v) is 4.01. The Hall–Kier alpha value is -2.48. The van der Waals surface area contributed by atoms with Crippen LogP contribution in [-0.4, -0.2) is 48.3 Å². The summed E-state index contributed by atoms with van der Waals surface area (Å²) < 4.78 is 17.1. The highest BCUT2D eigenvalue weighted by atomic mass is 32.1. The summed E-state index contributed by atoms with van der Waals surface area (Å²) in [5.41, 5.74) is 4.14. The molecule has 0 aliphatic carbocycles. The first-order valence-electron chi connectivity index (χ1n) is 9.69. The van der Waals surface area contributed by atoms with Crippen molar-refractivity contribution in [1.29, 1.82) is 0 Å². The molecule has 0 unspecified atom stereocenters. The molecule has 0 bridgehead atoms. The Morgan fingerprint density at radius 1 is 1.21 bits per heavy atom. The lowest BCUT2D eigenvalue weighted by molar-refractivity contribution is 0.0338. The number of hydrogen-bond acceptors (Lipinski definition) is 7. The average Bonchev–Trinajstić information content (AvgIpc) is 3.18. The second kappa shape index (κ2) is 9.35. The number of hydrogen-bond donors (Lipinski definition) is 0. The Labute approximate surface area is 175 Å². The van der Waals surface area contributed by atoms with E-state index in [0.29, 0.717) is 12.5 Å². The number of benzene rings is 1. The Bertz CT molecular complexity index is 954. The zero-order valence-corrected chi connectivity index (χ0v) is 17.6. The van der Waals surface area contributed by atoms with Gasteiger partial charge in [-0.15, -0.1) is 11.3 Å². The Morgan fingerprint density at radius 2 is 2.07 bits per heavy atom. The molecule has 0 amide bonds. The lowest BCUT2D eigenvalue weighted by atomic mass is 10.0. The van der Waals surface area contributed by atoms with Gasteiger partial charge in [-0.05, 0) is 36.8 Å². The second-order valence-electron chi connectivity index (χ2n) is 6.92. The van der Waals surface area contributed by atoms with E-state index >= 15 is 0 Å². The van der Waals surface area contributed by atoms with E-state index < -0.39 is 0 Å². The maximum absolute atomic E-state index is 6.16. The molecule has 1 aromatic carbocycles. The molecule has 3 aromatic rings. The average molecular weight is 412 g/mol. The zero-order valence-electron chi connectivity index (χ0n) is 16.8. The molecule has 2 aromatic heterocycles. The molecule has 3 heterocycles. The number of methoxy groups -OCH3 is 1. The number of aromatic nitrogens is 2. The van der Waals surface area contributed by atoms with E-state index in [2.05, 4.69) is 27.0 Å². The van der Waals surface area contributed by atoms with E-state index in [-0.39, 0.29) is 0 Å². The van der Waals surface area contributed by atoms with Crippen molar-refractivity contribution in [2.75, 3.05) is 33.4 Å². The third kappa shape index (κ3) is 4.93. The minimum atomic E-state index is 0.468. The molecule has 1 saturated heterocycles. The molecule has 0 radical (unpaired) electrons. The predicted octanol–water partition coefficient (Wildman–Crippen LogP) is 3.93. The number of nitrogens with zero attached hydrogens (tertiary/aromatic N) is 3. The minimum Gasteiger partial charge on any atom is -0.487 e. The fraction of sp³-hybridized carbons (Fsp3) is 0.364. The minimum absolute atomic E-state index is 0.468. The van der Waals surface area contributed by atoms with Crippen LogP contribution in [0.4, 0.5) is 0 Å². The first kappa shape index (κ1) is 19.8. The van der Waals surface area contributed by atoms with E-state index in [9.17, 15) is 0 Å². The van der Waals surface area contributed by atoms with Crippen LogP contribution in [0.1, 0.15) is 16.3 Å². The van der Waals surface area contributed by atoms with Gasteiger partial charge in [-0.3, -0.25) is 4.90 Å². The highest BCUT2D eigenvalue weighted by Crippen LogP contribution is 2.32. The number of ether oxygens (including phenoxy) is 3. The first-order chi connectivity index (χ1) is 14.2. The van der Waals surface area contributed by atoms with Gasteiger partial charge in [0.05, 0.1) is 31.0 Å². The lowest BCUT2D eigenvalue weighted by Gasteiger charge is -2.27. The van der Waals surface area contributed by atoms with Crippen molar-refractivity contribution in [2.24, 2.45) is 0 Å². The summed E-state index contributed by atoms with van der Waals surface area (Å²) in [6.45, 7) is 6.67. The molecule has 1 aliphatic rings. The number of thiazole rings is 1. The monoisotopic (exact) mass is 411 g/mol. The van der Waals surface area contributed by atoms with Crippen LogP contribution in [0, 0.1) is 6.92 Å². The van der Waals surface area contributed by atoms with Gasteiger partial charge < -0.3 is 14.2 Å². The van der Waals surface area contributed by atoms with Gasteiger partial charge >= 0.3 is 0 Å². The summed E-state index contributed by atoms with van der Waals surface area (Å²) in [4.78, 5) is 11.2. The molecule has 6 nitrogen and oxygen atoms in total. The summed E-state index contributed by atoms with van der Waals surface area (Å²) in [5.74, 6) is 1.50. The molecule has 0 N–H and O–H groups in total. The standard InChI is InChI=1S/C22H25N3O3S/c1-16-24-19(15-29-16)14-28-21-6-5-17(20-4-3-7-23-22(20)26-2)12-18(21)13-25-8-10-27-11-9-25/h3-7,12,15H,8-11,13-14H2,1-2H3. The quantitative estimate of drug-likeness (QED) is 0.587. The Balaban J connectivity index is 1.62. The van der Waals surface area contributed by atoms with Crippen LogP contribution in [0.5, 0.6) is 11.6 Å². The number of aryl methyl sites for hydroxylation is 1. The lowest BCUT2D eigenvalue weighted by Crippen LogP contribution is -2.35. The van der Waals surface area contributed by atoms with E-state index in [0.717, 1.165) is 66.0 Å². The molecule has 29 heavy (non-hydrogen) atoms. The molecule has 7 heteroatoms. The van der Waals surface area contributed by atoms with Crippen molar-refractivity contribution in [1.82, 2.24) is 14.9 Å². The SMILES string of the molecule is COc1ncccc1-c1ccc(OCc2csc(C)n2)c(CN2CCOCC2)c1. The van der Waals surface area contributed by atoms with Gasteiger partial charge in [0, 0.05) is 42.3 Å². The van der Waals surface area contributed by atoms with Gasteiger partial charge in [0.2, 0.25) is 5.88 Å². The number of morpholine rings is 1. The van der Waals surface area contributed by atoms with Crippen molar-refractivity contribution in [2.45, 2.75) is 20.1 Å². The van der Waals surface area contributed by atoms with Crippen LogP contribution in [-0.2, 0) is 17.9 Å². The number of pyridine rings is 1. The van der Waals surface area contributed by atoms with Gasteiger partial charge in [0.15, 0.2) is 0 Å². The summed E-state index contributed by atoms with van der Waals surface area (Å²) in [5, 5.41) is 3.10. The van der Waals surface area contributed by atoms with Gasteiger partial charge in [-0.1, -0.05) is 6.07 Å². The third-order valence-electron chi connectivity index (χ3n) is 4.88. The van der Waals surface area contributed by atoms with Crippen LogP contribution in [0.2, 0.25) is 0 Å². The fourth-order valence-electron chi connectivity index (χ4n) is 3.41. The molecule has 0 atom stereocenters. The van der Waals surface area contributed by atoms with Crippen LogP contribution >= 0.6 is 11.3 Å². The van der Waals surface area contributed by atoms with Crippen molar-refractivity contribution >= 4 is 11.3 Å². The maximum Gasteiger partial charge on any atom is 0.221 e.